The van der Waals surface area contributed by atoms with Gasteiger partial charge in [-0.1, -0.05) is 0 Å². The van der Waals surface area contributed by atoms with E-state index >= 15 is 0 Å². The SMILES string of the molecule is Nc1ccc(OCCCN(CC(F)(F)F)C2CC2)cc1. The molecule has 2 N–H and O–H groups in total. The highest BCUT2D eigenvalue weighted by molar-refractivity contribution is 5.41. The Bertz CT molecular complexity index is 415. The highest BCUT2D eigenvalue weighted by Crippen LogP contribution is 2.30. The number of halogens is 3. The summed E-state index contributed by atoms with van der Waals surface area (Å²) in [5.41, 5.74) is 6.21. The van der Waals surface area contributed by atoms with Gasteiger partial charge in [0.1, 0.15) is 5.75 Å². The average molecular weight is 288 g/mol. The minimum atomic E-state index is -4.12. The summed E-state index contributed by atoms with van der Waals surface area (Å²) < 4.78 is 42.7. The number of nitrogen functional groups attached to an aromatic ring is 1. The Kier molecular flexibility index (Phi) is 4.75. The van der Waals surface area contributed by atoms with Crippen molar-refractivity contribution in [1.82, 2.24) is 4.90 Å². The van der Waals surface area contributed by atoms with Crippen LogP contribution < -0.4 is 10.5 Å². The highest BCUT2D eigenvalue weighted by atomic mass is 19.4. The summed E-state index contributed by atoms with van der Waals surface area (Å²) in [5.74, 6) is 0.688. The number of benzene rings is 1. The van der Waals surface area contributed by atoms with Gasteiger partial charge in [0.25, 0.3) is 0 Å². The van der Waals surface area contributed by atoms with E-state index in [0.717, 1.165) is 12.8 Å². The van der Waals surface area contributed by atoms with Crippen molar-refractivity contribution in [2.75, 3.05) is 25.4 Å². The molecule has 1 aromatic carbocycles. The molecule has 0 radical (unpaired) electrons. The van der Waals surface area contributed by atoms with Crippen LogP contribution in [0.3, 0.4) is 0 Å². The third kappa shape index (κ3) is 5.28. The Morgan fingerprint density at radius 2 is 1.85 bits per heavy atom. The summed E-state index contributed by atoms with van der Waals surface area (Å²) in [6.07, 6.45) is -1.80. The van der Waals surface area contributed by atoms with E-state index in [4.69, 9.17) is 10.5 Å². The van der Waals surface area contributed by atoms with E-state index < -0.39 is 12.7 Å². The molecule has 0 amide bonds. The first-order chi connectivity index (χ1) is 9.44. The van der Waals surface area contributed by atoms with Gasteiger partial charge in [0, 0.05) is 18.3 Å². The van der Waals surface area contributed by atoms with Crippen molar-refractivity contribution < 1.29 is 17.9 Å². The largest absolute Gasteiger partial charge is 0.494 e. The van der Waals surface area contributed by atoms with Gasteiger partial charge in [-0.3, -0.25) is 4.90 Å². The van der Waals surface area contributed by atoms with E-state index in [1.807, 2.05) is 0 Å². The van der Waals surface area contributed by atoms with Crippen molar-refractivity contribution >= 4 is 5.69 Å². The van der Waals surface area contributed by atoms with Crippen molar-refractivity contribution in [2.24, 2.45) is 0 Å². The molecule has 2 rings (SSSR count). The summed E-state index contributed by atoms with van der Waals surface area (Å²) in [6, 6.07) is 7.08. The van der Waals surface area contributed by atoms with Crippen LogP contribution in [0, 0.1) is 0 Å². The lowest BCUT2D eigenvalue weighted by Gasteiger charge is -2.23. The van der Waals surface area contributed by atoms with Gasteiger partial charge >= 0.3 is 6.18 Å². The van der Waals surface area contributed by atoms with Crippen LogP contribution in [-0.4, -0.2) is 36.8 Å². The number of ether oxygens (including phenoxy) is 1. The molecule has 0 aromatic heterocycles. The summed E-state index contributed by atoms with van der Waals surface area (Å²) in [6.45, 7) is 0.00365. The topological polar surface area (TPSA) is 38.5 Å². The maximum Gasteiger partial charge on any atom is 0.401 e. The zero-order chi connectivity index (χ0) is 14.6. The number of nitrogens with zero attached hydrogens (tertiary/aromatic N) is 1. The second-order valence-electron chi connectivity index (χ2n) is 5.09. The van der Waals surface area contributed by atoms with Gasteiger partial charge in [0.2, 0.25) is 0 Å². The van der Waals surface area contributed by atoms with Gasteiger partial charge < -0.3 is 10.5 Å². The molecular formula is C14H19F3N2O. The molecule has 6 heteroatoms. The summed E-state index contributed by atoms with van der Waals surface area (Å²) in [5, 5.41) is 0. The molecule has 20 heavy (non-hydrogen) atoms. The summed E-state index contributed by atoms with van der Waals surface area (Å²) in [7, 11) is 0. The number of hydrogen-bond donors (Lipinski definition) is 1. The molecule has 3 nitrogen and oxygen atoms in total. The summed E-state index contributed by atoms with van der Waals surface area (Å²) >= 11 is 0. The molecular weight excluding hydrogens is 269 g/mol. The molecule has 0 bridgehead atoms. The molecule has 0 atom stereocenters. The fourth-order valence-electron chi connectivity index (χ4n) is 2.08. The lowest BCUT2D eigenvalue weighted by molar-refractivity contribution is -0.147. The molecule has 1 aromatic rings. The fraction of sp³-hybridized carbons (Fsp3) is 0.571. The van der Waals surface area contributed by atoms with Gasteiger partial charge in [-0.2, -0.15) is 13.2 Å². The zero-order valence-corrected chi connectivity index (χ0v) is 11.2. The zero-order valence-electron chi connectivity index (χ0n) is 11.2. The van der Waals surface area contributed by atoms with E-state index in [9.17, 15) is 13.2 Å². The van der Waals surface area contributed by atoms with Gasteiger partial charge in [0.05, 0.1) is 13.2 Å². The maximum atomic E-state index is 12.4. The fourth-order valence-corrected chi connectivity index (χ4v) is 2.08. The van der Waals surface area contributed by atoms with Crippen molar-refractivity contribution in [3.05, 3.63) is 24.3 Å². The molecule has 0 spiro atoms. The standard InChI is InChI=1S/C14H19F3N2O/c15-14(16,17)10-19(12-4-5-12)8-1-9-20-13-6-2-11(18)3-7-13/h2-3,6-7,12H,1,4-5,8-10,18H2. The van der Waals surface area contributed by atoms with E-state index in [-0.39, 0.29) is 6.04 Å². The molecule has 112 valence electrons. The average Bonchev–Trinajstić information content (AvgIpc) is 3.18. The summed E-state index contributed by atoms with van der Waals surface area (Å²) in [4.78, 5) is 1.51. The normalized spacial score (nSPS) is 15.6. The number of alkyl halides is 3. The Balaban J connectivity index is 1.69. The molecule has 1 fully saturated rings. The molecule has 1 aliphatic rings. The third-order valence-corrected chi connectivity index (χ3v) is 3.18. The minimum absolute atomic E-state index is 0.105. The van der Waals surface area contributed by atoms with Crippen molar-refractivity contribution in [3.8, 4) is 5.75 Å². The van der Waals surface area contributed by atoms with Gasteiger partial charge in [-0.15, -0.1) is 0 Å². The van der Waals surface area contributed by atoms with E-state index in [2.05, 4.69) is 0 Å². The van der Waals surface area contributed by atoms with Crippen molar-refractivity contribution in [1.29, 1.82) is 0 Å². The van der Waals surface area contributed by atoms with Crippen LogP contribution in [0.4, 0.5) is 18.9 Å². The molecule has 1 saturated carbocycles. The first-order valence-electron chi connectivity index (χ1n) is 6.73. The Morgan fingerprint density at radius 3 is 2.40 bits per heavy atom. The number of nitrogens with two attached hydrogens (primary N) is 1. The van der Waals surface area contributed by atoms with Crippen LogP contribution in [0.15, 0.2) is 24.3 Å². The maximum absolute atomic E-state index is 12.4. The second-order valence-corrected chi connectivity index (χ2v) is 5.09. The number of hydrogen-bond acceptors (Lipinski definition) is 3. The highest BCUT2D eigenvalue weighted by Gasteiger charge is 2.37. The van der Waals surface area contributed by atoms with Gasteiger partial charge in [0.15, 0.2) is 0 Å². The van der Waals surface area contributed by atoms with E-state index in [1.54, 1.807) is 24.3 Å². The Morgan fingerprint density at radius 1 is 1.20 bits per heavy atom. The minimum Gasteiger partial charge on any atom is -0.494 e. The Hall–Kier alpha value is -1.43. The molecule has 0 heterocycles. The first-order valence-corrected chi connectivity index (χ1v) is 6.73. The molecule has 1 aliphatic carbocycles. The first kappa shape index (κ1) is 15.0. The molecule has 0 saturated heterocycles. The predicted molar refractivity (Wildman–Crippen MR) is 71.6 cm³/mol. The third-order valence-electron chi connectivity index (χ3n) is 3.18. The van der Waals surface area contributed by atoms with Crippen LogP contribution in [-0.2, 0) is 0 Å². The lowest BCUT2D eigenvalue weighted by atomic mass is 10.3. The second kappa shape index (κ2) is 6.35. The Labute approximate surface area is 116 Å². The van der Waals surface area contributed by atoms with Crippen molar-refractivity contribution in [2.45, 2.75) is 31.5 Å². The van der Waals surface area contributed by atoms with Crippen LogP contribution in [0.5, 0.6) is 5.75 Å². The van der Waals surface area contributed by atoms with Crippen molar-refractivity contribution in [3.63, 3.8) is 0 Å². The van der Waals surface area contributed by atoms with Crippen LogP contribution in [0.25, 0.3) is 0 Å². The van der Waals surface area contributed by atoms with Crippen LogP contribution >= 0.6 is 0 Å². The quantitative estimate of drug-likeness (QED) is 0.619. The van der Waals surface area contributed by atoms with Crippen LogP contribution in [0.2, 0.25) is 0 Å². The molecule has 0 unspecified atom stereocenters. The number of rotatable bonds is 7. The number of anilines is 1. The predicted octanol–water partition coefficient (Wildman–Crippen LogP) is 3.06. The lowest BCUT2D eigenvalue weighted by Crippen LogP contribution is -2.37. The van der Waals surface area contributed by atoms with Crippen LogP contribution in [0.1, 0.15) is 19.3 Å². The molecule has 0 aliphatic heterocycles. The van der Waals surface area contributed by atoms with Gasteiger partial charge in [-0.25, -0.2) is 0 Å². The monoisotopic (exact) mass is 288 g/mol. The van der Waals surface area contributed by atoms with E-state index in [1.165, 1.54) is 4.90 Å². The van der Waals surface area contributed by atoms with E-state index in [0.29, 0.717) is 31.0 Å². The smallest absolute Gasteiger partial charge is 0.401 e. The van der Waals surface area contributed by atoms with Gasteiger partial charge in [-0.05, 0) is 43.5 Å².